The summed E-state index contributed by atoms with van der Waals surface area (Å²) >= 11 is 0. The maximum Gasteiger partial charge on any atom is 0.472 e. The smallest absolute Gasteiger partial charge is 0.462 e. The van der Waals surface area contributed by atoms with Gasteiger partial charge in [0, 0.05) is 25.7 Å². The summed E-state index contributed by atoms with van der Waals surface area (Å²) in [7, 11) is -9.88. The maximum absolute atomic E-state index is 13.0. The molecule has 3 N–H and O–H groups in total. The monoisotopic (exact) mass is 1240 g/mol. The van der Waals surface area contributed by atoms with Crippen LogP contribution in [-0.4, -0.2) is 96.7 Å². The Kier molecular flexibility index (Phi) is 57.4. The van der Waals surface area contributed by atoms with E-state index in [2.05, 4.69) is 34.6 Å². The van der Waals surface area contributed by atoms with Crippen molar-refractivity contribution in [2.45, 2.75) is 348 Å². The number of esters is 4. The number of carbonyl (C=O) groups is 4. The van der Waals surface area contributed by atoms with Crippen LogP contribution in [0.15, 0.2) is 0 Å². The maximum atomic E-state index is 13.0. The molecule has 0 heterocycles. The highest BCUT2D eigenvalue weighted by molar-refractivity contribution is 7.47. The van der Waals surface area contributed by atoms with Gasteiger partial charge in [-0.2, -0.15) is 0 Å². The van der Waals surface area contributed by atoms with Crippen LogP contribution in [0.25, 0.3) is 0 Å². The van der Waals surface area contributed by atoms with Crippen LogP contribution in [0.4, 0.5) is 0 Å². The summed E-state index contributed by atoms with van der Waals surface area (Å²) in [6.07, 6.45) is 43.5. The molecule has 0 fully saturated rings. The Morgan fingerprint density at radius 1 is 0.321 bits per heavy atom. The van der Waals surface area contributed by atoms with Crippen molar-refractivity contribution >= 4 is 39.5 Å². The van der Waals surface area contributed by atoms with Crippen LogP contribution >= 0.6 is 15.6 Å². The van der Waals surface area contributed by atoms with E-state index in [-0.39, 0.29) is 25.7 Å². The summed E-state index contributed by atoms with van der Waals surface area (Å²) in [6, 6.07) is 0. The average molecular weight is 1240 g/mol. The van der Waals surface area contributed by atoms with Crippen LogP contribution < -0.4 is 0 Å². The lowest BCUT2D eigenvalue weighted by atomic mass is 10.0. The Morgan fingerprint density at radius 2 is 0.548 bits per heavy atom. The van der Waals surface area contributed by atoms with Gasteiger partial charge in [-0.25, -0.2) is 9.13 Å². The summed E-state index contributed by atoms with van der Waals surface area (Å²) in [5.41, 5.74) is 0. The number of aliphatic hydroxyl groups is 1. The molecule has 0 aromatic rings. The lowest BCUT2D eigenvalue weighted by Gasteiger charge is -2.21. The highest BCUT2D eigenvalue weighted by Gasteiger charge is 2.30. The molecular formula is C65H126O17P2. The van der Waals surface area contributed by atoms with Crippen molar-refractivity contribution in [1.82, 2.24) is 0 Å². The van der Waals surface area contributed by atoms with Crippen molar-refractivity contribution in [2.24, 2.45) is 5.92 Å². The number of unbranched alkanes of at least 4 members (excludes halogenated alkanes) is 37. The molecule has 0 aromatic heterocycles. The normalized spacial score (nSPS) is 14.2. The molecule has 0 aliphatic carbocycles. The summed E-state index contributed by atoms with van der Waals surface area (Å²) in [4.78, 5) is 72.0. The molecule has 0 saturated carbocycles. The number of ether oxygens (including phenoxy) is 4. The van der Waals surface area contributed by atoms with Gasteiger partial charge in [-0.1, -0.05) is 279 Å². The molecule has 0 bridgehead atoms. The first-order valence-electron chi connectivity index (χ1n) is 34.1. The Balaban J connectivity index is 5.13. The van der Waals surface area contributed by atoms with E-state index in [0.717, 1.165) is 116 Å². The van der Waals surface area contributed by atoms with Crippen LogP contribution in [0, 0.1) is 5.92 Å². The van der Waals surface area contributed by atoms with Gasteiger partial charge in [-0.15, -0.1) is 0 Å². The van der Waals surface area contributed by atoms with Crippen LogP contribution in [0.3, 0.4) is 0 Å². The predicted molar refractivity (Wildman–Crippen MR) is 335 cm³/mol. The molecule has 0 saturated heterocycles. The van der Waals surface area contributed by atoms with Crippen LogP contribution in [-0.2, 0) is 65.4 Å². The molecule has 0 spiro atoms. The van der Waals surface area contributed by atoms with Gasteiger partial charge in [0.25, 0.3) is 0 Å². The van der Waals surface area contributed by atoms with Gasteiger partial charge in [0.15, 0.2) is 12.2 Å². The molecular weight excluding hydrogens is 1110 g/mol. The Hall–Kier alpha value is -1.94. The zero-order valence-corrected chi connectivity index (χ0v) is 55.8. The average Bonchev–Trinajstić information content (AvgIpc) is 3.60. The number of hydrogen-bond donors (Lipinski definition) is 3. The van der Waals surface area contributed by atoms with Crippen LogP contribution in [0.1, 0.15) is 330 Å². The fraction of sp³-hybridized carbons (Fsp3) is 0.938. The molecule has 0 radical (unpaired) electrons. The van der Waals surface area contributed by atoms with E-state index in [1.165, 1.54) is 128 Å². The lowest BCUT2D eigenvalue weighted by molar-refractivity contribution is -0.161. The largest absolute Gasteiger partial charge is 0.472 e. The van der Waals surface area contributed by atoms with E-state index in [4.69, 9.17) is 37.0 Å². The number of rotatable bonds is 65. The predicted octanol–water partition coefficient (Wildman–Crippen LogP) is 18.2. The molecule has 5 atom stereocenters. The number of aliphatic hydroxyl groups excluding tert-OH is 1. The molecule has 0 aromatic carbocycles. The fourth-order valence-electron chi connectivity index (χ4n) is 9.76. The highest BCUT2D eigenvalue weighted by Crippen LogP contribution is 2.45. The molecule has 84 heavy (non-hydrogen) atoms. The van der Waals surface area contributed by atoms with E-state index >= 15 is 0 Å². The summed E-state index contributed by atoms with van der Waals surface area (Å²) in [5, 5.41) is 10.5. The van der Waals surface area contributed by atoms with Crippen molar-refractivity contribution in [1.29, 1.82) is 0 Å². The third-order valence-corrected chi connectivity index (χ3v) is 16.9. The second-order valence-corrected chi connectivity index (χ2v) is 26.9. The number of phosphoric acid groups is 2. The molecule has 0 rings (SSSR count). The van der Waals surface area contributed by atoms with Crippen molar-refractivity contribution in [3.8, 4) is 0 Å². The highest BCUT2D eigenvalue weighted by atomic mass is 31.2. The molecule has 0 amide bonds. The van der Waals surface area contributed by atoms with Crippen molar-refractivity contribution in [2.75, 3.05) is 39.6 Å². The van der Waals surface area contributed by atoms with Gasteiger partial charge in [0.2, 0.25) is 0 Å². The van der Waals surface area contributed by atoms with E-state index < -0.39 is 97.5 Å². The summed E-state index contributed by atoms with van der Waals surface area (Å²) in [5.74, 6) is -1.43. The molecule has 0 aliphatic rings. The first-order valence-corrected chi connectivity index (χ1v) is 37.1. The number of hydrogen-bond acceptors (Lipinski definition) is 15. The van der Waals surface area contributed by atoms with E-state index in [1.54, 1.807) is 0 Å². The second kappa shape index (κ2) is 58.7. The van der Waals surface area contributed by atoms with Gasteiger partial charge >= 0.3 is 39.5 Å². The zero-order chi connectivity index (χ0) is 62.0. The third kappa shape index (κ3) is 59.0. The first kappa shape index (κ1) is 82.1. The Labute approximate surface area is 511 Å². The van der Waals surface area contributed by atoms with Gasteiger partial charge in [-0.3, -0.25) is 37.3 Å². The quantitative estimate of drug-likeness (QED) is 0.0222. The van der Waals surface area contributed by atoms with E-state index in [1.807, 2.05) is 0 Å². The van der Waals surface area contributed by atoms with Gasteiger partial charge in [-0.05, 0) is 31.6 Å². The van der Waals surface area contributed by atoms with Crippen LogP contribution in [0.2, 0.25) is 0 Å². The molecule has 17 nitrogen and oxygen atoms in total. The van der Waals surface area contributed by atoms with E-state index in [9.17, 15) is 43.2 Å². The lowest BCUT2D eigenvalue weighted by Crippen LogP contribution is -2.30. The summed E-state index contributed by atoms with van der Waals surface area (Å²) in [6.45, 7) is 7.08. The zero-order valence-electron chi connectivity index (χ0n) is 54.0. The van der Waals surface area contributed by atoms with E-state index in [0.29, 0.717) is 31.6 Å². The third-order valence-electron chi connectivity index (χ3n) is 15.0. The second-order valence-electron chi connectivity index (χ2n) is 24.0. The summed E-state index contributed by atoms with van der Waals surface area (Å²) < 4.78 is 67.8. The molecule has 0 aliphatic heterocycles. The molecule has 19 heteroatoms. The Bertz CT molecular complexity index is 1640. The Morgan fingerprint density at radius 3 is 0.810 bits per heavy atom. The molecule has 2 unspecified atom stereocenters. The van der Waals surface area contributed by atoms with Crippen molar-refractivity contribution in [3.63, 3.8) is 0 Å². The minimum atomic E-state index is -4.94. The SMILES string of the molecule is CCCCCCCCCCCCCCCCCCCCCC(=O)O[C@H](COC(=O)CCCCCCCCCC(C)C)COP(=O)(O)OC[C@@H](O)COP(=O)(O)OC[C@@H](COC(=O)CCCCCCCCC)OC(=O)CCCCCCCCCC. The fourth-order valence-corrected chi connectivity index (χ4v) is 11.3. The number of carbonyl (C=O) groups excluding carboxylic acids is 4. The minimum Gasteiger partial charge on any atom is -0.462 e. The first-order chi connectivity index (χ1) is 40.5. The van der Waals surface area contributed by atoms with Gasteiger partial charge in [0.05, 0.1) is 26.4 Å². The van der Waals surface area contributed by atoms with Crippen molar-refractivity contribution in [3.05, 3.63) is 0 Å². The molecule has 498 valence electrons. The van der Waals surface area contributed by atoms with Crippen molar-refractivity contribution < 1.29 is 80.2 Å². The number of phosphoric ester groups is 2. The van der Waals surface area contributed by atoms with Crippen LogP contribution in [0.5, 0.6) is 0 Å². The standard InChI is InChI=1S/C65H126O17P2/c1-6-9-12-15-18-20-21-22-23-24-25-26-27-28-29-30-35-41-46-51-65(70)82-61(55-76-63(68)49-44-39-36-31-33-37-42-47-58(4)5)57-80-84(73,74)78-53-59(66)52-77-83(71,72)79-56-60(54-75-62(67)48-43-38-32-17-14-11-8-3)81-64(69)50-45-40-34-19-16-13-10-7-2/h58-61,66H,6-57H2,1-5H3,(H,71,72)(H,73,74)/t59-,60+,61+/m0/s1. The van der Waals surface area contributed by atoms with Gasteiger partial charge < -0.3 is 33.8 Å². The topological polar surface area (TPSA) is 237 Å². The van der Waals surface area contributed by atoms with Gasteiger partial charge in [0.1, 0.15) is 19.3 Å². The minimum absolute atomic E-state index is 0.105.